The monoisotopic (exact) mass is 329 g/mol. The Morgan fingerprint density at radius 3 is 2.83 bits per heavy atom. The average molecular weight is 329 g/mol. The number of hydrogen-bond acceptors (Lipinski definition) is 6. The molecule has 3 rings (SSSR count). The minimum atomic E-state index is -0.478. The molecule has 0 N–H and O–H groups in total. The molecule has 0 radical (unpaired) electrons. The van der Waals surface area contributed by atoms with Crippen LogP contribution in [0.5, 0.6) is 5.75 Å². The van der Waals surface area contributed by atoms with Crippen LogP contribution in [0.25, 0.3) is 10.8 Å². The van der Waals surface area contributed by atoms with E-state index in [1.807, 2.05) is 24.3 Å². The standard InChI is InChI=1S/C17H15NO4S/c1-20-14-5-3-4-13-12(14)8-9-18-16(13)23-10-11-6-7-15(22-11)17(19)21-2/h3-9H,10H2,1-2H3. The Morgan fingerprint density at radius 2 is 2.04 bits per heavy atom. The Kier molecular flexibility index (Phi) is 4.52. The van der Waals surface area contributed by atoms with Gasteiger partial charge in [-0.15, -0.1) is 0 Å². The van der Waals surface area contributed by atoms with Crippen LogP contribution in [-0.2, 0) is 10.5 Å². The minimum absolute atomic E-state index is 0.204. The molecule has 0 aliphatic heterocycles. The number of methoxy groups -OCH3 is 2. The number of pyridine rings is 1. The van der Waals surface area contributed by atoms with E-state index in [0.717, 1.165) is 21.5 Å². The first-order valence-electron chi connectivity index (χ1n) is 6.94. The van der Waals surface area contributed by atoms with Crippen LogP contribution >= 0.6 is 11.8 Å². The Morgan fingerprint density at radius 1 is 1.17 bits per heavy atom. The molecule has 23 heavy (non-hydrogen) atoms. The summed E-state index contributed by atoms with van der Waals surface area (Å²) in [5, 5.41) is 2.93. The summed E-state index contributed by atoms with van der Waals surface area (Å²) in [6.45, 7) is 0. The molecule has 118 valence electrons. The Labute approximate surface area is 137 Å². The fraction of sp³-hybridized carbons (Fsp3) is 0.176. The molecular formula is C17H15NO4S. The molecule has 2 heterocycles. The number of thioether (sulfide) groups is 1. The number of fused-ring (bicyclic) bond motifs is 1. The number of benzene rings is 1. The molecule has 0 saturated carbocycles. The van der Waals surface area contributed by atoms with Gasteiger partial charge in [-0.05, 0) is 24.3 Å². The SMILES string of the molecule is COC(=O)c1ccc(CSc2nccc3c(OC)cccc23)o1. The quantitative estimate of drug-likeness (QED) is 0.522. The number of hydrogen-bond donors (Lipinski definition) is 0. The first-order valence-corrected chi connectivity index (χ1v) is 7.93. The fourth-order valence-corrected chi connectivity index (χ4v) is 3.15. The summed E-state index contributed by atoms with van der Waals surface area (Å²) in [5.74, 6) is 1.81. The third kappa shape index (κ3) is 3.17. The van der Waals surface area contributed by atoms with E-state index < -0.39 is 5.97 Å². The van der Waals surface area contributed by atoms with Crippen LogP contribution in [0.3, 0.4) is 0 Å². The molecule has 0 bridgehead atoms. The lowest BCUT2D eigenvalue weighted by Crippen LogP contribution is -1.98. The number of ether oxygens (including phenoxy) is 2. The van der Waals surface area contributed by atoms with Crippen molar-refractivity contribution in [3.05, 3.63) is 54.1 Å². The van der Waals surface area contributed by atoms with Gasteiger partial charge in [0, 0.05) is 17.0 Å². The third-order valence-corrected chi connectivity index (χ3v) is 4.38. The lowest BCUT2D eigenvalue weighted by molar-refractivity contribution is 0.0563. The van der Waals surface area contributed by atoms with Crippen molar-refractivity contribution in [1.82, 2.24) is 4.98 Å². The number of aromatic nitrogens is 1. The van der Waals surface area contributed by atoms with Gasteiger partial charge in [0.25, 0.3) is 0 Å². The summed E-state index contributed by atoms with van der Waals surface area (Å²) in [4.78, 5) is 15.8. The van der Waals surface area contributed by atoms with Gasteiger partial charge in [0.2, 0.25) is 5.76 Å². The highest BCUT2D eigenvalue weighted by Crippen LogP contribution is 2.33. The lowest BCUT2D eigenvalue weighted by Gasteiger charge is -2.08. The molecule has 0 unspecified atom stereocenters. The number of rotatable bonds is 5. The van der Waals surface area contributed by atoms with Crippen molar-refractivity contribution in [2.24, 2.45) is 0 Å². The predicted molar refractivity (Wildman–Crippen MR) is 87.9 cm³/mol. The second-order valence-electron chi connectivity index (χ2n) is 4.72. The largest absolute Gasteiger partial charge is 0.496 e. The zero-order chi connectivity index (χ0) is 16.2. The summed E-state index contributed by atoms with van der Waals surface area (Å²) in [6.07, 6.45) is 1.76. The van der Waals surface area contributed by atoms with Crippen molar-refractivity contribution in [2.45, 2.75) is 10.8 Å². The van der Waals surface area contributed by atoms with Crippen molar-refractivity contribution in [1.29, 1.82) is 0 Å². The maximum absolute atomic E-state index is 11.4. The van der Waals surface area contributed by atoms with E-state index in [4.69, 9.17) is 9.15 Å². The molecule has 0 atom stereocenters. The van der Waals surface area contributed by atoms with Gasteiger partial charge < -0.3 is 13.9 Å². The highest BCUT2D eigenvalue weighted by Gasteiger charge is 2.12. The molecule has 0 amide bonds. The van der Waals surface area contributed by atoms with Gasteiger partial charge in [-0.3, -0.25) is 0 Å². The second kappa shape index (κ2) is 6.75. The molecule has 0 aliphatic carbocycles. The van der Waals surface area contributed by atoms with E-state index in [1.54, 1.807) is 37.2 Å². The zero-order valence-corrected chi connectivity index (χ0v) is 13.6. The zero-order valence-electron chi connectivity index (χ0n) is 12.7. The summed E-state index contributed by atoms with van der Waals surface area (Å²) in [5.41, 5.74) is 0. The Bertz CT molecular complexity index is 843. The van der Waals surface area contributed by atoms with E-state index in [2.05, 4.69) is 9.72 Å². The first kappa shape index (κ1) is 15.4. The normalized spacial score (nSPS) is 10.7. The van der Waals surface area contributed by atoms with Crippen LogP contribution < -0.4 is 4.74 Å². The fourth-order valence-electron chi connectivity index (χ4n) is 2.25. The van der Waals surface area contributed by atoms with E-state index >= 15 is 0 Å². The van der Waals surface area contributed by atoms with E-state index in [9.17, 15) is 4.79 Å². The molecule has 6 heteroatoms. The number of furan rings is 1. The van der Waals surface area contributed by atoms with Crippen LogP contribution in [0.1, 0.15) is 16.3 Å². The molecule has 0 fully saturated rings. The minimum Gasteiger partial charge on any atom is -0.496 e. The van der Waals surface area contributed by atoms with Crippen molar-refractivity contribution in [3.63, 3.8) is 0 Å². The smallest absolute Gasteiger partial charge is 0.373 e. The lowest BCUT2D eigenvalue weighted by atomic mass is 10.1. The van der Waals surface area contributed by atoms with Crippen molar-refractivity contribution >= 4 is 28.5 Å². The van der Waals surface area contributed by atoms with E-state index in [-0.39, 0.29) is 5.76 Å². The van der Waals surface area contributed by atoms with Crippen molar-refractivity contribution in [2.75, 3.05) is 14.2 Å². The molecule has 0 saturated heterocycles. The number of carbonyl (C=O) groups is 1. The molecule has 3 aromatic rings. The Balaban J connectivity index is 1.82. The predicted octanol–water partition coefficient (Wildman–Crippen LogP) is 3.92. The van der Waals surface area contributed by atoms with Gasteiger partial charge >= 0.3 is 5.97 Å². The summed E-state index contributed by atoms with van der Waals surface area (Å²) in [6, 6.07) is 11.2. The molecule has 1 aromatic carbocycles. The third-order valence-electron chi connectivity index (χ3n) is 3.35. The maximum atomic E-state index is 11.4. The van der Waals surface area contributed by atoms with Gasteiger partial charge in [-0.25, -0.2) is 9.78 Å². The first-order chi connectivity index (χ1) is 11.2. The topological polar surface area (TPSA) is 61.6 Å². The van der Waals surface area contributed by atoms with Gasteiger partial charge in [0.1, 0.15) is 16.5 Å². The highest BCUT2D eigenvalue weighted by atomic mass is 32.2. The molecule has 5 nitrogen and oxygen atoms in total. The summed E-state index contributed by atoms with van der Waals surface area (Å²) in [7, 11) is 2.98. The summed E-state index contributed by atoms with van der Waals surface area (Å²) >= 11 is 1.54. The van der Waals surface area contributed by atoms with Crippen molar-refractivity contribution < 1.29 is 18.7 Å². The second-order valence-corrected chi connectivity index (χ2v) is 5.68. The van der Waals surface area contributed by atoms with Crippen LogP contribution in [0.15, 0.2) is 52.0 Å². The highest BCUT2D eigenvalue weighted by molar-refractivity contribution is 7.98. The van der Waals surface area contributed by atoms with Gasteiger partial charge in [0.05, 0.1) is 20.0 Å². The number of nitrogens with zero attached hydrogens (tertiary/aromatic N) is 1. The molecular weight excluding hydrogens is 314 g/mol. The van der Waals surface area contributed by atoms with E-state index in [1.165, 1.54) is 7.11 Å². The van der Waals surface area contributed by atoms with Crippen molar-refractivity contribution in [3.8, 4) is 5.75 Å². The number of carbonyl (C=O) groups excluding carboxylic acids is 1. The van der Waals surface area contributed by atoms with E-state index in [0.29, 0.717) is 11.5 Å². The van der Waals surface area contributed by atoms with Crippen LogP contribution in [-0.4, -0.2) is 25.2 Å². The molecule has 0 spiro atoms. The van der Waals surface area contributed by atoms with Gasteiger partial charge in [0.15, 0.2) is 0 Å². The van der Waals surface area contributed by atoms with Crippen LogP contribution in [0.2, 0.25) is 0 Å². The molecule has 0 aliphatic rings. The maximum Gasteiger partial charge on any atom is 0.373 e. The molecule has 2 aromatic heterocycles. The average Bonchev–Trinajstić information content (AvgIpc) is 3.07. The number of esters is 1. The van der Waals surface area contributed by atoms with Gasteiger partial charge in [-0.1, -0.05) is 23.9 Å². The van der Waals surface area contributed by atoms with Crippen LogP contribution in [0.4, 0.5) is 0 Å². The van der Waals surface area contributed by atoms with Crippen LogP contribution in [0, 0.1) is 0 Å². The van der Waals surface area contributed by atoms with Gasteiger partial charge in [-0.2, -0.15) is 0 Å². The Hall–Kier alpha value is -2.47. The summed E-state index contributed by atoms with van der Waals surface area (Å²) < 4.78 is 15.5.